The predicted molar refractivity (Wildman–Crippen MR) is 78.9 cm³/mol. The van der Waals surface area contributed by atoms with Crippen LogP contribution in [-0.2, 0) is 6.42 Å². The molecule has 7 heteroatoms. The lowest BCUT2D eigenvalue weighted by atomic mass is 10.1. The van der Waals surface area contributed by atoms with Crippen LogP contribution in [0.2, 0.25) is 0 Å². The number of aryl methyl sites for hydroxylation is 1. The molecule has 3 aromatic rings. The maximum absolute atomic E-state index is 13.6. The minimum atomic E-state index is -0.270. The second kappa shape index (κ2) is 5.61. The van der Waals surface area contributed by atoms with Crippen LogP contribution in [0.3, 0.4) is 0 Å². The van der Waals surface area contributed by atoms with Crippen molar-refractivity contribution in [1.29, 1.82) is 0 Å². The SMILES string of the molecule is CNc1snc(C)c1-c1nc(Cc2ccccc2F)no1. The molecule has 0 radical (unpaired) electrons. The third-order valence-corrected chi connectivity index (χ3v) is 4.03. The fourth-order valence-electron chi connectivity index (χ4n) is 2.03. The number of nitrogens with one attached hydrogen (secondary N) is 1. The van der Waals surface area contributed by atoms with Gasteiger partial charge in [-0.05, 0) is 30.1 Å². The maximum atomic E-state index is 13.6. The van der Waals surface area contributed by atoms with Crippen LogP contribution in [-0.4, -0.2) is 21.6 Å². The summed E-state index contributed by atoms with van der Waals surface area (Å²) in [7, 11) is 1.81. The third-order valence-electron chi connectivity index (χ3n) is 3.08. The van der Waals surface area contributed by atoms with E-state index in [9.17, 15) is 4.39 Å². The zero-order valence-electron chi connectivity index (χ0n) is 11.6. The third kappa shape index (κ3) is 2.64. The smallest absolute Gasteiger partial charge is 0.262 e. The van der Waals surface area contributed by atoms with E-state index >= 15 is 0 Å². The standard InChI is InChI=1S/C14H13FN4OS/c1-8-12(14(16-2)21-19-8)13-17-11(18-20-13)7-9-5-3-4-6-10(9)15/h3-6,16H,7H2,1-2H3. The topological polar surface area (TPSA) is 63.8 Å². The molecule has 0 fully saturated rings. The Balaban J connectivity index is 1.90. The van der Waals surface area contributed by atoms with Crippen LogP contribution in [0.25, 0.3) is 11.5 Å². The minimum absolute atomic E-state index is 0.270. The molecule has 0 aliphatic heterocycles. The molecule has 0 bridgehead atoms. The summed E-state index contributed by atoms with van der Waals surface area (Å²) in [4.78, 5) is 4.34. The van der Waals surface area contributed by atoms with Gasteiger partial charge in [0.15, 0.2) is 5.82 Å². The lowest BCUT2D eigenvalue weighted by Gasteiger charge is -1.98. The van der Waals surface area contributed by atoms with E-state index in [0.29, 0.717) is 23.7 Å². The summed E-state index contributed by atoms with van der Waals surface area (Å²) in [6, 6.07) is 6.57. The van der Waals surface area contributed by atoms with Gasteiger partial charge in [0, 0.05) is 13.5 Å². The number of hydrogen-bond acceptors (Lipinski definition) is 6. The first kappa shape index (κ1) is 13.7. The van der Waals surface area contributed by atoms with Gasteiger partial charge in [-0.15, -0.1) is 0 Å². The first-order chi connectivity index (χ1) is 10.2. The maximum Gasteiger partial charge on any atom is 0.262 e. The first-order valence-corrected chi connectivity index (χ1v) is 7.16. The predicted octanol–water partition coefficient (Wildman–Crippen LogP) is 3.27. The van der Waals surface area contributed by atoms with E-state index in [4.69, 9.17) is 4.52 Å². The van der Waals surface area contributed by atoms with Crippen LogP contribution < -0.4 is 5.32 Å². The highest BCUT2D eigenvalue weighted by Gasteiger charge is 2.19. The van der Waals surface area contributed by atoms with Crippen molar-refractivity contribution in [3.8, 4) is 11.5 Å². The van der Waals surface area contributed by atoms with E-state index in [1.807, 2.05) is 14.0 Å². The van der Waals surface area contributed by atoms with E-state index in [1.54, 1.807) is 18.2 Å². The highest BCUT2D eigenvalue weighted by atomic mass is 32.1. The Morgan fingerprint density at radius 2 is 2.14 bits per heavy atom. The molecule has 3 rings (SSSR count). The zero-order chi connectivity index (χ0) is 14.8. The molecule has 0 unspecified atom stereocenters. The van der Waals surface area contributed by atoms with Gasteiger partial charge in [-0.3, -0.25) is 0 Å². The van der Waals surface area contributed by atoms with Gasteiger partial charge in [-0.1, -0.05) is 23.4 Å². The van der Waals surface area contributed by atoms with Crippen molar-refractivity contribution in [3.63, 3.8) is 0 Å². The highest BCUT2D eigenvalue weighted by Crippen LogP contribution is 2.33. The number of hydrogen-bond donors (Lipinski definition) is 1. The van der Waals surface area contributed by atoms with E-state index in [2.05, 4.69) is 19.8 Å². The summed E-state index contributed by atoms with van der Waals surface area (Å²) in [6.07, 6.45) is 0.293. The van der Waals surface area contributed by atoms with Crippen molar-refractivity contribution in [2.24, 2.45) is 0 Å². The fraction of sp³-hybridized carbons (Fsp3) is 0.214. The molecule has 1 N–H and O–H groups in total. The summed E-state index contributed by atoms with van der Waals surface area (Å²) in [5.74, 6) is 0.577. The average molecular weight is 304 g/mol. The first-order valence-electron chi connectivity index (χ1n) is 6.39. The van der Waals surface area contributed by atoms with Gasteiger partial charge in [-0.25, -0.2) is 4.39 Å². The molecule has 0 aliphatic carbocycles. The van der Waals surface area contributed by atoms with Gasteiger partial charge in [0.25, 0.3) is 5.89 Å². The summed E-state index contributed by atoms with van der Waals surface area (Å²) < 4.78 is 23.2. The van der Waals surface area contributed by atoms with Crippen molar-refractivity contribution in [3.05, 3.63) is 47.2 Å². The van der Waals surface area contributed by atoms with Gasteiger partial charge in [0.2, 0.25) is 0 Å². The molecule has 0 aliphatic rings. The van der Waals surface area contributed by atoms with E-state index in [1.165, 1.54) is 17.6 Å². The molecule has 0 amide bonds. The van der Waals surface area contributed by atoms with Crippen LogP contribution in [0.15, 0.2) is 28.8 Å². The van der Waals surface area contributed by atoms with Crippen molar-refractivity contribution in [2.45, 2.75) is 13.3 Å². The Morgan fingerprint density at radius 1 is 1.33 bits per heavy atom. The van der Waals surface area contributed by atoms with Crippen molar-refractivity contribution >= 4 is 16.5 Å². The number of rotatable bonds is 4. The van der Waals surface area contributed by atoms with Crippen molar-refractivity contribution in [2.75, 3.05) is 12.4 Å². The van der Waals surface area contributed by atoms with E-state index in [-0.39, 0.29) is 5.82 Å². The Hall–Kier alpha value is -2.28. The molecule has 0 atom stereocenters. The number of halogens is 1. The lowest BCUT2D eigenvalue weighted by Crippen LogP contribution is -1.94. The van der Waals surface area contributed by atoms with Crippen LogP contribution in [0.4, 0.5) is 9.39 Å². The largest absolute Gasteiger partial charge is 0.378 e. The summed E-state index contributed by atoms with van der Waals surface area (Å²) >= 11 is 1.34. The lowest BCUT2D eigenvalue weighted by molar-refractivity contribution is 0.423. The van der Waals surface area contributed by atoms with Gasteiger partial charge in [0.1, 0.15) is 10.8 Å². The van der Waals surface area contributed by atoms with Gasteiger partial charge in [-0.2, -0.15) is 9.36 Å². The van der Waals surface area contributed by atoms with Crippen molar-refractivity contribution in [1.82, 2.24) is 14.5 Å². The molecule has 0 saturated heterocycles. The molecular weight excluding hydrogens is 291 g/mol. The van der Waals surface area contributed by atoms with E-state index < -0.39 is 0 Å². The Labute approximate surface area is 125 Å². The zero-order valence-corrected chi connectivity index (χ0v) is 12.4. The molecule has 108 valence electrons. The molecule has 1 aromatic carbocycles. The summed E-state index contributed by atoms with van der Waals surface area (Å²) in [5, 5.41) is 7.84. The minimum Gasteiger partial charge on any atom is -0.378 e. The van der Waals surface area contributed by atoms with Gasteiger partial charge < -0.3 is 9.84 Å². The van der Waals surface area contributed by atoms with Crippen LogP contribution >= 0.6 is 11.5 Å². The normalized spacial score (nSPS) is 10.8. The Morgan fingerprint density at radius 3 is 2.90 bits per heavy atom. The monoisotopic (exact) mass is 304 g/mol. The molecule has 0 spiro atoms. The summed E-state index contributed by atoms with van der Waals surface area (Å²) in [5.41, 5.74) is 2.17. The molecule has 2 aromatic heterocycles. The summed E-state index contributed by atoms with van der Waals surface area (Å²) in [6.45, 7) is 1.88. The molecule has 2 heterocycles. The van der Waals surface area contributed by atoms with Crippen LogP contribution in [0, 0.1) is 12.7 Å². The quantitative estimate of drug-likeness (QED) is 0.801. The number of benzene rings is 1. The highest BCUT2D eigenvalue weighted by molar-refractivity contribution is 7.10. The van der Waals surface area contributed by atoms with Crippen LogP contribution in [0.1, 0.15) is 17.1 Å². The van der Waals surface area contributed by atoms with E-state index in [0.717, 1.165) is 16.3 Å². The average Bonchev–Trinajstić information content (AvgIpc) is 3.07. The Kier molecular flexibility index (Phi) is 3.66. The van der Waals surface area contributed by atoms with Crippen LogP contribution in [0.5, 0.6) is 0 Å². The Bertz CT molecular complexity index is 768. The number of anilines is 1. The second-order valence-electron chi connectivity index (χ2n) is 4.51. The number of nitrogens with zero attached hydrogens (tertiary/aromatic N) is 3. The van der Waals surface area contributed by atoms with Crippen molar-refractivity contribution < 1.29 is 8.91 Å². The fourth-order valence-corrected chi connectivity index (χ4v) is 2.77. The molecule has 21 heavy (non-hydrogen) atoms. The van der Waals surface area contributed by atoms with Gasteiger partial charge >= 0.3 is 0 Å². The molecule has 5 nitrogen and oxygen atoms in total. The van der Waals surface area contributed by atoms with Gasteiger partial charge in [0.05, 0.1) is 11.3 Å². The number of aromatic nitrogens is 3. The second-order valence-corrected chi connectivity index (χ2v) is 5.28. The molecule has 0 saturated carbocycles. The molecular formula is C14H13FN4OS.